The van der Waals surface area contributed by atoms with Crippen molar-refractivity contribution in [1.82, 2.24) is 0 Å². The Balaban J connectivity index is 1.53. The van der Waals surface area contributed by atoms with E-state index >= 15 is 0 Å². The van der Waals surface area contributed by atoms with Crippen LogP contribution in [0.25, 0.3) is 0 Å². The van der Waals surface area contributed by atoms with Crippen LogP contribution in [-0.2, 0) is 20.7 Å². The largest absolute Gasteiger partial charge is 0.462 e. The SMILES string of the molecule is CCCOC(=O)c1ccccc1N1C(=O)C(Cl)=C(Nc2cccc(C(=O)Nc3ccc(CC)cc3)c2)C1=O. The van der Waals surface area contributed by atoms with Gasteiger partial charge in [0.15, 0.2) is 0 Å². The Hall–Kier alpha value is -4.43. The average molecular weight is 532 g/mol. The minimum Gasteiger partial charge on any atom is -0.462 e. The fraction of sp³-hybridized carbons (Fsp3) is 0.172. The highest BCUT2D eigenvalue weighted by Crippen LogP contribution is 2.32. The first-order valence-electron chi connectivity index (χ1n) is 12.2. The van der Waals surface area contributed by atoms with Crippen LogP contribution >= 0.6 is 11.6 Å². The number of rotatable bonds is 9. The van der Waals surface area contributed by atoms with Crippen molar-refractivity contribution in [3.05, 3.63) is 100 Å². The summed E-state index contributed by atoms with van der Waals surface area (Å²) in [4.78, 5) is 52.5. The molecule has 38 heavy (non-hydrogen) atoms. The lowest BCUT2D eigenvalue weighted by Gasteiger charge is -2.18. The first-order valence-corrected chi connectivity index (χ1v) is 12.5. The lowest BCUT2D eigenvalue weighted by Crippen LogP contribution is -2.33. The maximum Gasteiger partial charge on any atom is 0.340 e. The molecule has 1 heterocycles. The van der Waals surface area contributed by atoms with E-state index in [9.17, 15) is 19.2 Å². The molecule has 8 nitrogen and oxygen atoms in total. The van der Waals surface area contributed by atoms with E-state index in [4.69, 9.17) is 16.3 Å². The molecule has 0 saturated carbocycles. The van der Waals surface area contributed by atoms with Gasteiger partial charge in [-0.2, -0.15) is 0 Å². The van der Waals surface area contributed by atoms with Crippen LogP contribution in [-0.4, -0.2) is 30.3 Å². The smallest absolute Gasteiger partial charge is 0.340 e. The summed E-state index contributed by atoms with van der Waals surface area (Å²) >= 11 is 6.28. The maximum atomic E-state index is 13.3. The van der Waals surface area contributed by atoms with Crippen molar-refractivity contribution in [3.63, 3.8) is 0 Å². The van der Waals surface area contributed by atoms with Gasteiger partial charge in [0, 0.05) is 16.9 Å². The molecule has 0 radical (unpaired) electrons. The molecule has 1 aliphatic heterocycles. The number of benzene rings is 3. The number of nitrogens with zero attached hydrogens (tertiary/aromatic N) is 1. The van der Waals surface area contributed by atoms with Gasteiger partial charge in [0.2, 0.25) is 0 Å². The van der Waals surface area contributed by atoms with Gasteiger partial charge in [0.25, 0.3) is 17.7 Å². The fourth-order valence-corrected chi connectivity index (χ4v) is 4.07. The van der Waals surface area contributed by atoms with Gasteiger partial charge < -0.3 is 15.4 Å². The number of amides is 3. The highest BCUT2D eigenvalue weighted by atomic mass is 35.5. The van der Waals surface area contributed by atoms with E-state index < -0.39 is 17.8 Å². The van der Waals surface area contributed by atoms with E-state index in [0.717, 1.165) is 16.9 Å². The number of imide groups is 1. The third-order valence-corrected chi connectivity index (χ3v) is 6.19. The van der Waals surface area contributed by atoms with Crippen LogP contribution in [0, 0.1) is 0 Å². The highest BCUT2D eigenvalue weighted by molar-refractivity contribution is 6.53. The van der Waals surface area contributed by atoms with E-state index in [1.165, 1.54) is 12.1 Å². The minimum absolute atomic E-state index is 0.0685. The van der Waals surface area contributed by atoms with Gasteiger partial charge in [-0.1, -0.05) is 55.8 Å². The standard InChI is InChI=1S/C29H26ClN3O5/c1-3-16-38-29(37)22-10-5-6-11-23(22)33-27(35)24(30)25(28(33)36)31-21-9-7-8-19(17-21)26(34)32-20-14-12-18(4-2)13-15-20/h5-15,17,31H,3-4,16H2,1-2H3,(H,32,34). The van der Waals surface area contributed by atoms with Crippen LogP contribution in [0.2, 0.25) is 0 Å². The van der Waals surface area contributed by atoms with Crippen molar-refractivity contribution in [2.45, 2.75) is 26.7 Å². The third kappa shape index (κ3) is 5.60. The number of para-hydroxylation sites is 1. The number of carbonyl (C=O) groups is 4. The molecule has 3 amide bonds. The van der Waals surface area contributed by atoms with E-state index in [0.29, 0.717) is 23.4 Å². The number of esters is 1. The van der Waals surface area contributed by atoms with Gasteiger partial charge in [-0.05, 0) is 60.9 Å². The zero-order valence-corrected chi connectivity index (χ0v) is 21.7. The van der Waals surface area contributed by atoms with E-state index in [2.05, 4.69) is 17.6 Å². The Morgan fingerprint density at radius 2 is 1.63 bits per heavy atom. The van der Waals surface area contributed by atoms with E-state index in [-0.39, 0.29) is 34.5 Å². The van der Waals surface area contributed by atoms with Gasteiger partial charge in [0.05, 0.1) is 17.9 Å². The molecule has 3 aromatic rings. The third-order valence-electron chi connectivity index (χ3n) is 5.84. The number of hydrogen-bond acceptors (Lipinski definition) is 6. The predicted molar refractivity (Wildman–Crippen MR) is 146 cm³/mol. The van der Waals surface area contributed by atoms with Crippen molar-refractivity contribution < 1.29 is 23.9 Å². The molecule has 3 aromatic carbocycles. The van der Waals surface area contributed by atoms with Crippen LogP contribution in [0.3, 0.4) is 0 Å². The molecule has 194 valence electrons. The molecular formula is C29H26ClN3O5. The molecule has 0 bridgehead atoms. The fourth-order valence-electron chi connectivity index (χ4n) is 3.85. The normalized spacial score (nSPS) is 13.1. The van der Waals surface area contributed by atoms with Crippen molar-refractivity contribution >= 4 is 52.4 Å². The first kappa shape index (κ1) is 26.6. The molecule has 9 heteroatoms. The molecule has 0 saturated heterocycles. The summed E-state index contributed by atoms with van der Waals surface area (Å²) in [6, 6.07) is 20.2. The zero-order chi connectivity index (χ0) is 27.2. The summed E-state index contributed by atoms with van der Waals surface area (Å²) in [6.07, 6.45) is 1.52. The van der Waals surface area contributed by atoms with Gasteiger partial charge in [-0.3, -0.25) is 14.4 Å². The van der Waals surface area contributed by atoms with Crippen molar-refractivity contribution in [2.75, 3.05) is 22.1 Å². The quantitative estimate of drug-likeness (QED) is 0.279. The molecular weight excluding hydrogens is 506 g/mol. The van der Waals surface area contributed by atoms with Crippen molar-refractivity contribution in [1.29, 1.82) is 0 Å². The molecule has 0 unspecified atom stereocenters. The number of aryl methyl sites for hydroxylation is 1. The molecule has 4 rings (SSSR count). The molecule has 0 fully saturated rings. The number of carbonyl (C=O) groups excluding carboxylic acids is 4. The van der Waals surface area contributed by atoms with Crippen molar-refractivity contribution in [2.24, 2.45) is 0 Å². The molecule has 0 atom stereocenters. The number of ether oxygens (including phenoxy) is 1. The molecule has 1 aliphatic rings. The Kier molecular flexibility index (Phi) is 8.23. The van der Waals surface area contributed by atoms with Gasteiger partial charge in [0.1, 0.15) is 10.7 Å². The van der Waals surface area contributed by atoms with Gasteiger partial charge in [-0.25, -0.2) is 9.69 Å². The average Bonchev–Trinajstić information content (AvgIpc) is 3.15. The number of anilines is 3. The summed E-state index contributed by atoms with van der Waals surface area (Å²) in [5.41, 5.74) is 2.50. The Morgan fingerprint density at radius 3 is 2.34 bits per heavy atom. The van der Waals surface area contributed by atoms with Gasteiger partial charge >= 0.3 is 5.97 Å². The Bertz CT molecular complexity index is 1430. The maximum absolute atomic E-state index is 13.3. The second kappa shape index (κ2) is 11.7. The first-order chi connectivity index (χ1) is 18.3. The summed E-state index contributed by atoms with van der Waals surface area (Å²) in [5.74, 6) is -2.50. The van der Waals surface area contributed by atoms with Crippen LogP contribution in [0.5, 0.6) is 0 Å². The van der Waals surface area contributed by atoms with Gasteiger partial charge in [-0.15, -0.1) is 0 Å². The molecule has 0 aliphatic carbocycles. The molecule has 0 aromatic heterocycles. The second-order valence-corrected chi connectivity index (χ2v) is 8.88. The summed E-state index contributed by atoms with van der Waals surface area (Å²) in [6.45, 7) is 4.11. The van der Waals surface area contributed by atoms with Crippen LogP contribution in [0.1, 0.15) is 46.5 Å². The summed E-state index contributed by atoms with van der Waals surface area (Å²) in [7, 11) is 0. The van der Waals surface area contributed by atoms with Crippen LogP contribution in [0.15, 0.2) is 83.5 Å². The monoisotopic (exact) mass is 531 g/mol. The van der Waals surface area contributed by atoms with E-state index in [1.54, 1.807) is 36.4 Å². The lowest BCUT2D eigenvalue weighted by atomic mass is 10.1. The number of nitrogens with one attached hydrogen (secondary N) is 2. The van der Waals surface area contributed by atoms with Crippen LogP contribution in [0.4, 0.5) is 17.1 Å². The van der Waals surface area contributed by atoms with E-state index in [1.807, 2.05) is 31.2 Å². The summed E-state index contributed by atoms with van der Waals surface area (Å²) < 4.78 is 5.20. The molecule has 2 N–H and O–H groups in total. The minimum atomic E-state index is -0.778. The summed E-state index contributed by atoms with van der Waals surface area (Å²) in [5, 5.41) is 5.37. The second-order valence-electron chi connectivity index (χ2n) is 8.50. The topological polar surface area (TPSA) is 105 Å². The number of halogens is 1. The zero-order valence-electron chi connectivity index (χ0n) is 20.9. The highest BCUT2D eigenvalue weighted by Gasteiger charge is 2.40. The predicted octanol–water partition coefficient (Wildman–Crippen LogP) is 5.50. The Morgan fingerprint density at radius 1 is 0.895 bits per heavy atom. The number of hydrogen-bond donors (Lipinski definition) is 2. The molecule has 0 spiro atoms. The Labute approximate surface area is 225 Å². The lowest BCUT2D eigenvalue weighted by molar-refractivity contribution is -0.120. The van der Waals surface area contributed by atoms with Crippen molar-refractivity contribution in [3.8, 4) is 0 Å². The van der Waals surface area contributed by atoms with Crippen LogP contribution < -0.4 is 15.5 Å².